The van der Waals surface area contributed by atoms with Gasteiger partial charge in [-0.15, -0.1) is 5.10 Å². The van der Waals surface area contributed by atoms with E-state index in [0.29, 0.717) is 5.95 Å². The molecule has 0 aliphatic heterocycles. The molecule has 0 amide bonds. The monoisotopic (exact) mass is 460 g/mol. The first-order valence-electron chi connectivity index (χ1n) is 7.74. The van der Waals surface area contributed by atoms with Crippen LogP contribution in [-0.2, 0) is 0 Å². The van der Waals surface area contributed by atoms with Crippen molar-refractivity contribution in [2.45, 2.75) is 12.8 Å². The smallest absolute Gasteiger partial charge is 0.274 e. The van der Waals surface area contributed by atoms with Crippen LogP contribution in [0.3, 0.4) is 0 Å². The van der Waals surface area contributed by atoms with Gasteiger partial charge < -0.3 is 5.32 Å². The van der Waals surface area contributed by atoms with Crippen molar-refractivity contribution in [2.24, 2.45) is 0 Å². The van der Waals surface area contributed by atoms with E-state index < -0.39 is 0 Å². The largest absolute Gasteiger partial charge is 0.357 e. The molecule has 1 heterocycles. The van der Waals surface area contributed by atoms with Crippen LogP contribution >= 0.6 is 31.9 Å². The number of H-pyrrole nitrogens is 1. The molecule has 4 rings (SSSR count). The molecule has 3 aromatic rings. The Balaban J connectivity index is 1.70. The Morgan fingerprint density at radius 1 is 1.00 bits per heavy atom. The average molecular weight is 462 g/mol. The second kappa shape index (κ2) is 6.97. The number of hydrogen-bond acceptors (Lipinski definition) is 5. The summed E-state index contributed by atoms with van der Waals surface area (Å²) >= 11 is 6.98. The highest BCUT2D eigenvalue weighted by atomic mass is 79.9. The van der Waals surface area contributed by atoms with Crippen LogP contribution in [0.4, 0.5) is 17.3 Å². The highest BCUT2D eigenvalue weighted by Crippen LogP contribution is 2.38. The first-order chi connectivity index (χ1) is 12.2. The van der Waals surface area contributed by atoms with Crippen LogP contribution in [0.15, 0.2) is 68.9 Å². The lowest BCUT2D eigenvalue weighted by Crippen LogP contribution is -2.27. The number of hydrogen-bond donors (Lipinski definition) is 2. The zero-order valence-electron chi connectivity index (χ0n) is 13.1. The number of allylic oxidation sites excluding steroid dienone is 2. The van der Waals surface area contributed by atoms with E-state index in [1.165, 1.54) is 0 Å². The molecule has 1 aliphatic rings. The SMILES string of the molecule is Brc1ccc(N(C2=C(Nc3cccc(Br)c3)CC2)c2nn[nH]n2)cc1. The number of tetrazole rings is 1. The van der Waals surface area contributed by atoms with Gasteiger partial charge >= 0.3 is 0 Å². The minimum Gasteiger partial charge on any atom is -0.357 e. The van der Waals surface area contributed by atoms with Gasteiger partial charge in [-0.05, 0) is 60.5 Å². The van der Waals surface area contributed by atoms with Crippen LogP contribution in [0.25, 0.3) is 0 Å². The summed E-state index contributed by atoms with van der Waals surface area (Å²) in [5.74, 6) is 0.533. The number of anilines is 3. The molecule has 1 aliphatic carbocycles. The molecule has 6 nitrogen and oxygen atoms in total. The molecule has 126 valence electrons. The number of benzene rings is 2. The maximum atomic E-state index is 4.17. The third kappa shape index (κ3) is 3.45. The van der Waals surface area contributed by atoms with E-state index in [9.17, 15) is 0 Å². The Morgan fingerprint density at radius 3 is 2.48 bits per heavy atom. The highest BCUT2D eigenvalue weighted by Gasteiger charge is 2.27. The van der Waals surface area contributed by atoms with Crippen molar-refractivity contribution in [1.29, 1.82) is 0 Å². The lowest BCUT2D eigenvalue weighted by Gasteiger charge is -2.33. The van der Waals surface area contributed by atoms with E-state index in [4.69, 9.17) is 0 Å². The Bertz CT molecular complexity index is 905. The van der Waals surface area contributed by atoms with Gasteiger partial charge in [0.2, 0.25) is 0 Å². The molecule has 2 N–H and O–H groups in total. The van der Waals surface area contributed by atoms with Crippen molar-refractivity contribution in [3.63, 3.8) is 0 Å². The summed E-state index contributed by atoms with van der Waals surface area (Å²) in [6.07, 6.45) is 1.92. The molecule has 0 fully saturated rings. The third-order valence-electron chi connectivity index (χ3n) is 3.97. The van der Waals surface area contributed by atoms with Crippen LogP contribution in [-0.4, -0.2) is 20.6 Å². The molecule has 0 saturated carbocycles. The minimum atomic E-state index is 0.533. The summed E-state index contributed by atoms with van der Waals surface area (Å²) in [7, 11) is 0. The molecule has 0 saturated heterocycles. The van der Waals surface area contributed by atoms with E-state index >= 15 is 0 Å². The molecule has 0 unspecified atom stereocenters. The third-order valence-corrected chi connectivity index (χ3v) is 4.99. The van der Waals surface area contributed by atoms with E-state index in [-0.39, 0.29) is 0 Å². The van der Waals surface area contributed by atoms with Crippen LogP contribution in [0.5, 0.6) is 0 Å². The molecule has 0 radical (unpaired) electrons. The van der Waals surface area contributed by atoms with Crippen molar-refractivity contribution in [3.05, 3.63) is 68.9 Å². The number of nitrogens with zero attached hydrogens (tertiary/aromatic N) is 4. The van der Waals surface area contributed by atoms with Gasteiger partial charge in [-0.25, -0.2) is 0 Å². The van der Waals surface area contributed by atoms with Gasteiger partial charge in [-0.1, -0.05) is 43.0 Å². The molecule has 2 aromatic carbocycles. The van der Waals surface area contributed by atoms with Crippen molar-refractivity contribution >= 4 is 49.2 Å². The van der Waals surface area contributed by atoms with Gasteiger partial charge in [-0.2, -0.15) is 5.21 Å². The van der Waals surface area contributed by atoms with Gasteiger partial charge in [0.15, 0.2) is 0 Å². The van der Waals surface area contributed by atoms with Crippen LogP contribution < -0.4 is 10.2 Å². The number of rotatable bonds is 5. The second-order valence-corrected chi connectivity index (χ2v) is 7.42. The van der Waals surface area contributed by atoms with Crippen LogP contribution in [0.2, 0.25) is 0 Å². The lowest BCUT2D eigenvalue weighted by atomic mass is 9.98. The predicted molar refractivity (Wildman–Crippen MR) is 104 cm³/mol. The fourth-order valence-corrected chi connectivity index (χ4v) is 3.38. The second-order valence-electron chi connectivity index (χ2n) is 5.58. The van der Waals surface area contributed by atoms with E-state index in [1.54, 1.807) is 0 Å². The zero-order chi connectivity index (χ0) is 17.2. The fraction of sp³-hybridized carbons (Fsp3) is 0.118. The standard InChI is InChI=1S/C17H14Br2N6/c18-11-4-6-14(7-5-11)25(17-21-23-24-22-17)16-9-8-15(16)20-13-3-1-2-12(19)10-13/h1-7,10,20H,8-9H2,(H,21,22,23,24). The lowest BCUT2D eigenvalue weighted by molar-refractivity contribution is 0.766. The van der Waals surface area contributed by atoms with Gasteiger partial charge in [-0.3, -0.25) is 4.90 Å². The van der Waals surface area contributed by atoms with Gasteiger partial charge in [0, 0.05) is 31.7 Å². The first kappa shape index (κ1) is 16.3. The maximum Gasteiger partial charge on any atom is 0.274 e. The highest BCUT2D eigenvalue weighted by molar-refractivity contribution is 9.10. The van der Waals surface area contributed by atoms with Crippen LogP contribution in [0.1, 0.15) is 12.8 Å². The Hall–Kier alpha value is -2.19. The quantitative estimate of drug-likeness (QED) is 0.560. The van der Waals surface area contributed by atoms with Gasteiger partial charge in [0.25, 0.3) is 5.95 Å². The molecule has 0 atom stereocenters. The first-order valence-corrected chi connectivity index (χ1v) is 9.33. The predicted octanol–water partition coefficient (Wildman–Crippen LogP) is 4.98. The Morgan fingerprint density at radius 2 is 1.84 bits per heavy atom. The minimum absolute atomic E-state index is 0.533. The molecular weight excluding hydrogens is 448 g/mol. The van der Waals surface area contributed by atoms with E-state index in [1.807, 2.05) is 47.4 Å². The summed E-state index contributed by atoms with van der Waals surface area (Å²) in [6, 6.07) is 16.2. The molecule has 0 bridgehead atoms. The van der Waals surface area contributed by atoms with Gasteiger partial charge in [0.05, 0.1) is 0 Å². The normalized spacial score (nSPS) is 13.5. The van der Waals surface area contributed by atoms with Gasteiger partial charge in [0.1, 0.15) is 0 Å². The van der Waals surface area contributed by atoms with Crippen molar-refractivity contribution in [1.82, 2.24) is 20.6 Å². The summed E-state index contributed by atoms with van der Waals surface area (Å²) in [6.45, 7) is 0. The van der Waals surface area contributed by atoms with Crippen molar-refractivity contribution in [3.8, 4) is 0 Å². The molecular formula is C17H14Br2N6. The van der Waals surface area contributed by atoms with E-state index in [0.717, 1.165) is 44.6 Å². The van der Waals surface area contributed by atoms with Crippen molar-refractivity contribution < 1.29 is 0 Å². The summed E-state index contributed by atoms with van der Waals surface area (Å²) < 4.78 is 2.07. The summed E-state index contributed by atoms with van der Waals surface area (Å²) in [4.78, 5) is 2.03. The molecule has 0 spiro atoms. The molecule has 8 heteroatoms. The number of halogens is 2. The average Bonchev–Trinajstić information content (AvgIpc) is 3.12. The topological polar surface area (TPSA) is 69.7 Å². The maximum absolute atomic E-state index is 4.17. The Kier molecular flexibility index (Phi) is 4.54. The van der Waals surface area contributed by atoms with E-state index in [2.05, 4.69) is 63.9 Å². The number of aromatic nitrogens is 4. The zero-order valence-corrected chi connectivity index (χ0v) is 16.2. The summed E-state index contributed by atoms with van der Waals surface area (Å²) in [5.41, 5.74) is 4.34. The van der Waals surface area contributed by atoms with Crippen molar-refractivity contribution in [2.75, 3.05) is 10.2 Å². The van der Waals surface area contributed by atoms with Crippen LogP contribution in [0, 0.1) is 0 Å². The Labute approximate surface area is 161 Å². The number of aromatic amines is 1. The molecule has 1 aromatic heterocycles. The molecule has 25 heavy (non-hydrogen) atoms. The fourth-order valence-electron chi connectivity index (χ4n) is 2.72. The number of nitrogens with one attached hydrogen (secondary N) is 2. The summed E-state index contributed by atoms with van der Waals surface area (Å²) in [5, 5.41) is 18.1.